The Bertz CT molecular complexity index is 1080. The largest absolute Gasteiger partial charge is 0.352 e. The van der Waals surface area contributed by atoms with Gasteiger partial charge in [-0.3, -0.25) is 0 Å². The van der Waals surface area contributed by atoms with Crippen molar-refractivity contribution >= 4 is 28.3 Å². The van der Waals surface area contributed by atoms with Crippen LogP contribution in [0.3, 0.4) is 0 Å². The average molecular weight is 345 g/mol. The zero-order chi connectivity index (χ0) is 17.5. The van der Waals surface area contributed by atoms with E-state index in [0.29, 0.717) is 0 Å². The molecule has 1 aromatic carbocycles. The summed E-state index contributed by atoms with van der Waals surface area (Å²) in [6.07, 6.45) is 7.51. The Labute approximate surface area is 151 Å². The Hall–Kier alpha value is -3.22. The predicted octanol–water partition coefficient (Wildman–Crippen LogP) is 2.31. The molecule has 4 heterocycles. The number of imidazole rings is 1. The van der Waals surface area contributed by atoms with E-state index < -0.39 is 0 Å². The van der Waals surface area contributed by atoms with Crippen LogP contribution in [0.2, 0.25) is 0 Å². The van der Waals surface area contributed by atoms with Crippen molar-refractivity contribution in [2.75, 3.05) is 36.0 Å². The average Bonchev–Trinajstić information content (AvgIpc) is 3.16. The number of rotatable bonds is 2. The summed E-state index contributed by atoms with van der Waals surface area (Å²) in [6.45, 7) is 5.57. The van der Waals surface area contributed by atoms with E-state index in [0.717, 1.165) is 60.2 Å². The molecule has 3 aromatic heterocycles. The fourth-order valence-corrected chi connectivity index (χ4v) is 3.57. The van der Waals surface area contributed by atoms with Gasteiger partial charge in [0.1, 0.15) is 0 Å². The molecule has 26 heavy (non-hydrogen) atoms. The van der Waals surface area contributed by atoms with E-state index in [1.165, 1.54) is 0 Å². The minimum atomic E-state index is 0.882. The third kappa shape index (κ3) is 2.44. The Morgan fingerprint density at radius 3 is 2.12 bits per heavy atom. The van der Waals surface area contributed by atoms with Gasteiger partial charge in [0.25, 0.3) is 0 Å². The van der Waals surface area contributed by atoms with Crippen LogP contribution in [0.15, 0.2) is 49.1 Å². The van der Waals surface area contributed by atoms with Gasteiger partial charge < -0.3 is 14.2 Å². The summed E-state index contributed by atoms with van der Waals surface area (Å²) in [7, 11) is 0. The van der Waals surface area contributed by atoms with E-state index in [1.807, 2.05) is 60.4 Å². The summed E-state index contributed by atoms with van der Waals surface area (Å²) in [5, 5.41) is 0. The van der Waals surface area contributed by atoms with Gasteiger partial charge in [0, 0.05) is 51.0 Å². The van der Waals surface area contributed by atoms with Crippen molar-refractivity contribution < 1.29 is 0 Å². The molecule has 5 rings (SSSR count). The standard InChI is InChI=1S/C19H19N7/c1-14-17(23-16-5-3-2-4-15(16)22-14)25-10-12-26(13-11-25)19-18-20-6-8-24(18)9-7-21-19/h2-9H,10-13H2,1H3. The maximum absolute atomic E-state index is 4.85. The van der Waals surface area contributed by atoms with Crippen LogP contribution >= 0.6 is 0 Å². The molecule has 0 radical (unpaired) electrons. The molecule has 0 atom stereocenters. The molecule has 1 saturated heterocycles. The highest BCUT2D eigenvalue weighted by atomic mass is 15.3. The van der Waals surface area contributed by atoms with Crippen LogP contribution in [-0.2, 0) is 0 Å². The second kappa shape index (κ2) is 5.94. The molecule has 4 aromatic rings. The van der Waals surface area contributed by atoms with E-state index in [1.54, 1.807) is 0 Å². The smallest absolute Gasteiger partial charge is 0.180 e. The summed E-state index contributed by atoms with van der Waals surface area (Å²) >= 11 is 0. The third-order valence-electron chi connectivity index (χ3n) is 4.89. The first-order chi connectivity index (χ1) is 12.8. The van der Waals surface area contributed by atoms with E-state index in [-0.39, 0.29) is 0 Å². The van der Waals surface area contributed by atoms with Gasteiger partial charge in [-0.2, -0.15) is 0 Å². The quantitative estimate of drug-likeness (QED) is 0.556. The van der Waals surface area contributed by atoms with Crippen molar-refractivity contribution in [1.82, 2.24) is 24.3 Å². The second-order valence-corrected chi connectivity index (χ2v) is 6.50. The predicted molar refractivity (Wildman–Crippen MR) is 102 cm³/mol. The van der Waals surface area contributed by atoms with Crippen LogP contribution < -0.4 is 9.80 Å². The summed E-state index contributed by atoms with van der Waals surface area (Å²) in [6, 6.07) is 8.03. The third-order valence-corrected chi connectivity index (χ3v) is 4.89. The van der Waals surface area contributed by atoms with Gasteiger partial charge in [-0.15, -0.1) is 0 Å². The molecule has 0 amide bonds. The second-order valence-electron chi connectivity index (χ2n) is 6.50. The van der Waals surface area contributed by atoms with Gasteiger partial charge in [0.15, 0.2) is 17.3 Å². The number of aromatic nitrogens is 5. The molecule has 7 heteroatoms. The fourth-order valence-electron chi connectivity index (χ4n) is 3.57. The minimum absolute atomic E-state index is 0.882. The highest BCUT2D eigenvalue weighted by Gasteiger charge is 2.23. The van der Waals surface area contributed by atoms with Crippen molar-refractivity contribution in [2.24, 2.45) is 0 Å². The van der Waals surface area contributed by atoms with Gasteiger partial charge >= 0.3 is 0 Å². The molecule has 0 saturated carbocycles. The number of hydrogen-bond acceptors (Lipinski definition) is 6. The van der Waals surface area contributed by atoms with Gasteiger partial charge in [0.05, 0.1) is 16.7 Å². The lowest BCUT2D eigenvalue weighted by Gasteiger charge is -2.36. The number of fused-ring (bicyclic) bond motifs is 2. The lowest BCUT2D eigenvalue weighted by molar-refractivity contribution is 0.640. The Kier molecular flexibility index (Phi) is 3.44. The number of hydrogen-bond donors (Lipinski definition) is 0. The van der Waals surface area contributed by atoms with Crippen LogP contribution in [0, 0.1) is 6.92 Å². The summed E-state index contributed by atoms with van der Waals surface area (Å²) in [4.78, 5) is 23.2. The molecular formula is C19H19N7. The number of anilines is 2. The number of aryl methyl sites for hydroxylation is 1. The molecule has 0 spiro atoms. The molecule has 0 unspecified atom stereocenters. The first kappa shape index (κ1) is 15.1. The molecule has 7 nitrogen and oxygen atoms in total. The maximum Gasteiger partial charge on any atom is 0.180 e. The topological polar surface area (TPSA) is 62.5 Å². The first-order valence-corrected chi connectivity index (χ1v) is 8.80. The Morgan fingerprint density at radius 2 is 1.38 bits per heavy atom. The van der Waals surface area contributed by atoms with Gasteiger partial charge in [0.2, 0.25) is 0 Å². The summed E-state index contributed by atoms with van der Waals surface area (Å²) in [5.41, 5.74) is 3.77. The van der Waals surface area contributed by atoms with Crippen LogP contribution in [0.5, 0.6) is 0 Å². The highest BCUT2D eigenvalue weighted by molar-refractivity contribution is 5.76. The van der Waals surface area contributed by atoms with Crippen molar-refractivity contribution in [2.45, 2.75) is 6.92 Å². The van der Waals surface area contributed by atoms with Crippen molar-refractivity contribution in [3.8, 4) is 0 Å². The van der Waals surface area contributed by atoms with E-state index in [4.69, 9.17) is 9.97 Å². The highest BCUT2D eigenvalue weighted by Crippen LogP contribution is 2.23. The molecular weight excluding hydrogens is 326 g/mol. The monoisotopic (exact) mass is 345 g/mol. The van der Waals surface area contributed by atoms with Crippen LogP contribution in [-0.4, -0.2) is 50.5 Å². The van der Waals surface area contributed by atoms with E-state index in [9.17, 15) is 0 Å². The number of piperazine rings is 1. The summed E-state index contributed by atoms with van der Waals surface area (Å²) < 4.78 is 2.01. The number of para-hydroxylation sites is 2. The van der Waals surface area contributed by atoms with E-state index >= 15 is 0 Å². The van der Waals surface area contributed by atoms with Crippen LogP contribution in [0.25, 0.3) is 16.7 Å². The molecule has 1 aliphatic rings. The molecule has 0 aliphatic carbocycles. The molecule has 130 valence electrons. The van der Waals surface area contributed by atoms with Crippen LogP contribution in [0.1, 0.15) is 5.69 Å². The van der Waals surface area contributed by atoms with Gasteiger partial charge in [-0.05, 0) is 19.1 Å². The van der Waals surface area contributed by atoms with Gasteiger partial charge in [-0.25, -0.2) is 19.9 Å². The van der Waals surface area contributed by atoms with Crippen LogP contribution in [0.4, 0.5) is 11.6 Å². The van der Waals surface area contributed by atoms with Crippen molar-refractivity contribution in [1.29, 1.82) is 0 Å². The number of nitrogens with zero attached hydrogens (tertiary/aromatic N) is 7. The normalized spacial score (nSPS) is 15.1. The lowest BCUT2D eigenvalue weighted by Crippen LogP contribution is -2.47. The van der Waals surface area contributed by atoms with E-state index in [2.05, 4.69) is 19.8 Å². The first-order valence-electron chi connectivity index (χ1n) is 8.80. The zero-order valence-electron chi connectivity index (χ0n) is 14.6. The Balaban J connectivity index is 1.40. The molecule has 0 bridgehead atoms. The van der Waals surface area contributed by atoms with Crippen molar-refractivity contribution in [3.63, 3.8) is 0 Å². The van der Waals surface area contributed by atoms with Gasteiger partial charge in [-0.1, -0.05) is 12.1 Å². The number of benzene rings is 1. The molecule has 1 aliphatic heterocycles. The van der Waals surface area contributed by atoms with Crippen molar-refractivity contribution in [3.05, 3.63) is 54.7 Å². The SMILES string of the molecule is Cc1nc2ccccc2nc1N1CCN(c2nccn3ccnc23)CC1. The maximum atomic E-state index is 4.85. The fraction of sp³-hybridized carbons (Fsp3) is 0.263. The molecule has 1 fully saturated rings. The Morgan fingerprint density at radius 1 is 0.769 bits per heavy atom. The molecule has 0 N–H and O–H groups in total. The zero-order valence-corrected chi connectivity index (χ0v) is 14.6. The minimum Gasteiger partial charge on any atom is -0.352 e. The summed E-state index contributed by atoms with van der Waals surface area (Å²) in [5.74, 6) is 1.92. The lowest BCUT2D eigenvalue weighted by atomic mass is 10.2.